The van der Waals surface area contributed by atoms with Crippen molar-refractivity contribution in [1.29, 1.82) is 0 Å². The van der Waals surface area contributed by atoms with Gasteiger partial charge >= 0.3 is 6.36 Å². The molecule has 40 heavy (non-hydrogen) atoms. The van der Waals surface area contributed by atoms with Crippen LogP contribution in [0.2, 0.25) is 0 Å². The lowest BCUT2D eigenvalue weighted by Gasteiger charge is -2.29. The monoisotopic (exact) mass is 559 g/mol. The molecule has 1 spiro atoms. The number of hydrogen-bond acceptors (Lipinski definition) is 7. The molecule has 0 bridgehead atoms. The maximum Gasteiger partial charge on any atom is 0.573 e. The second kappa shape index (κ2) is 10.8. The lowest BCUT2D eigenvalue weighted by Crippen LogP contribution is -2.49. The first-order chi connectivity index (χ1) is 19.0. The normalized spacial score (nSPS) is 19.5. The van der Waals surface area contributed by atoms with Gasteiger partial charge in [-0.05, 0) is 36.2 Å². The van der Waals surface area contributed by atoms with E-state index in [4.69, 9.17) is 15.2 Å². The summed E-state index contributed by atoms with van der Waals surface area (Å²) >= 11 is 0. The third-order valence-electron chi connectivity index (χ3n) is 7.28. The fraction of sp³-hybridized carbons (Fsp3) is 0.429. The number of anilines is 1. The maximum atomic E-state index is 13.5. The number of aromatic nitrogens is 2. The smallest absolute Gasteiger partial charge is 0.405 e. The summed E-state index contributed by atoms with van der Waals surface area (Å²) in [7, 11) is 1.77. The number of imidazole rings is 1. The van der Waals surface area contributed by atoms with E-state index < -0.39 is 12.1 Å². The standard InChI is InChI=1S/C28H32F3N5O4/c1-16(2)24(33-3)26(37)36-15-27(38-10-11-39-27)13-22(36)25-34-14-21(35-25)18-6-4-17(5-7-18)20-9-8-19(32)12-23(20)40-28(29,30)31/h4-9,12,14,16,22,24,33H,10-11,13,15,32H2,1-3H3,(H,34,35). The number of nitrogens with two attached hydrogens (primary N) is 1. The minimum absolute atomic E-state index is 0.0545. The second-order valence-corrected chi connectivity index (χ2v) is 10.4. The van der Waals surface area contributed by atoms with Crippen molar-refractivity contribution in [2.75, 3.05) is 32.5 Å². The van der Waals surface area contributed by atoms with Crippen LogP contribution in [-0.2, 0) is 14.3 Å². The summed E-state index contributed by atoms with van der Waals surface area (Å²) in [5, 5.41) is 3.12. The predicted molar refractivity (Wildman–Crippen MR) is 142 cm³/mol. The van der Waals surface area contributed by atoms with Gasteiger partial charge in [-0.3, -0.25) is 4.79 Å². The highest BCUT2D eigenvalue weighted by atomic mass is 19.4. The molecule has 2 fully saturated rings. The summed E-state index contributed by atoms with van der Waals surface area (Å²) in [4.78, 5) is 23.2. The zero-order chi connectivity index (χ0) is 28.7. The number of H-pyrrole nitrogens is 1. The van der Waals surface area contributed by atoms with Crippen molar-refractivity contribution < 1.29 is 32.2 Å². The van der Waals surface area contributed by atoms with Gasteiger partial charge < -0.3 is 35.1 Å². The molecule has 2 saturated heterocycles. The van der Waals surface area contributed by atoms with E-state index in [9.17, 15) is 18.0 Å². The summed E-state index contributed by atoms with van der Waals surface area (Å²) in [6.07, 6.45) is -2.73. The molecule has 5 rings (SSSR count). The SMILES string of the molecule is CNC(C(=O)N1CC2(CC1c1ncc(-c3ccc(-c4ccc(N)cc4OC(F)(F)F)cc3)[nH]1)OCCO2)C(C)C. The van der Waals surface area contributed by atoms with Crippen molar-refractivity contribution >= 4 is 11.6 Å². The van der Waals surface area contributed by atoms with Gasteiger partial charge in [0.1, 0.15) is 11.6 Å². The van der Waals surface area contributed by atoms with Crippen LogP contribution in [-0.4, -0.2) is 65.8 Å². The van der Waals surface area contributed by atoms with Gasteiger partial charge in [-0.1, -0.05) is 38.1 Å². The average Bonchev–Trinajstić information content (AvgIpc) is 3.64. The Bertz CT molecular complexity index is 1350. The van der Waals surface area contributed by atoms with Gasteiger partial charge in [-0.15, -0.1) is 13.2 Å². The molecule has 2 unspecified atom stereocenters. The Balaban J connectivity index is 1.41. The Hall–Kier alpha value is -3.61. The van der Waals surface area contributed by atoms with Crippen molar-refractivity contribution in [2.24, 2.45) is 5.92 Å². The van der Waals surface area contributed by atoms with E-state index in [0.29, 0.717) is 43.3 Å². The van der Waals surface area contributed by atoms with Crippen LogP contribution in [0.1, 0.15) is 32.1 Å². The van der Waals surface area contributed by atoms with E-state index in [1.807, 2.05) is 13.8 Å². The molecule has 3 aromatic rings. The number of ether oxygens (including phenoxy) is 3. The van der Waals surface area contributed by atoms with E-state index in [2.05, 4.69) is 20.0 Å². The molecule has 4 N–H and O–H groups in total. The molecule has 2 atom stereocenters. The quantitative estimate of drug-likeness (QED) is 0.366. The lowest BCUT2D eigenvalue weighted by molar-refractivity contribution is -0.274. The summed E-state index contributed by atoms with van der Waals surface area (Å²) in [6.45, 7) is 5.21. The number of aromatic amines is 1. The van der Waals surface area contributed by atoms with E-state index >= 15 is 0 Å². The fourth-order valence-electron chi connectivity index (χ4n) is 5.41. The number of halogens is 3. The van der Waals surface area contributed by atoms with Crippen LogP contribution in [0.25, 0.3) is 22.4 Å². The third-order valence-corrected chi connectivity index (χ3v) is 7.28. The van der Waals surface area contributed by atoms with Crippen LogP contribution >= 0.6 is 0 Å². The molecule has 0 aliphatic carbocycles. The van der Waals surface area contributed by atoms with Crippen molar-refractivity contribution in [2.45, 2.75) is 44.5 Å². The number of nitrogen functional groups attached to an aromatic ring is 1. The molecular formula is C28H32F3N5O4. The van der Waals surface area contributed by atoms with E-state index in [0.717, 1.165) is 11.6 Å². The molecule has 1 amide bonds. The number of carbonyl (C=O) groups excluding carboxylic acids is 1. The van der Waals surface area contributed by atoms with E-state index in [-0.39, 0.29) is 40.9 Å². The molecule has 3 heterocycles. The number of likely N-dealkylation sites (tertiary alicyclic amines) is 1. The van der Waals surface area contributed by atoms with Crippen LogP contribution in [0, 0.1) is 5.92 Å². The number of likely N-dealkylation sites (N-methyl/N-ethyl adjacent to an activating group) is 1. The number of amides is 1. The highest BCUT2D eigenvalue weighted by Crippen LogP contribution is 2.43. The number of alkyl halides is 3. The lowest BCUT2D eigenvalue weighted by atomic mass is 10.0. The molecule has 9 nitrogen and oxygen atoms in total. The van der Waals surface area contributed by atoms with Gasteiger partial charge in [0.15, 0.2) is 5.79 Å². The van der Waals surface area contributed by atoms with Crippen molar-refractivity contribution in [3.05, 3.63) is 54.5 Å². The van der Waals surface area contributed by atoms with Gasteiger partial charge in [0.05, 0.1) is 43.7 Å². The van der Waals surface area contributed by atoms with E-state index in [1.165, 1.54) is 12.1 Å². The molecule has 214 valence electrons. The summed E-state index contributed by atoms with van der Waals surface area (Å²) in [5.74, 6) is -0.613. The Morgan fingerprint density at radius 2 is 1.85 bits per heavy atom. The first kappa shape index (κ1) is 27.9. The Kier molecular flexibility index (Phi) is 7.51. The first-order valence-corrected chi connectivity index (χ1v) is 13.1. The number of nitrogens with one attached hydrogen (secondary N) is 2. The number of benzene rings is 2. The summed E-state index contributed by atoms with van der Waals surface area (Å²) in [5.41, 5.74) is 8.09. The molecule has 12 heteroatoms. The minimum Gasteiger partial charge on any atom is -0.405 e. The molecule has 1 aromatic heterocycles. The Labute approximate surface area is 229 Å². The number of carbonyl (C=O) groups is 1. The summed E-state index contributed by atoms with van der Waals surface area (Å²) < 4.78 is 54.9. The fourth-order valence-corrected chi connectivity index (χ4v) is 5.41. The van der Waals surface area contributed by atoms with Crippen molar-refractivity contribution in [3.63, 3.8) is 0 Å². The highest BCUT2D eigenvalue weighted by molar-refractivity contribution is 5.83. The largest absolute Gasteiger partial charge is 0.573 e. The van der Waals surface area contributed by atoms with Crippen LogP contribution in [0.4, 0.5) is 18.9 Å². The molecule has 2 aromatic carbocycles. The van der Waals surface area contributed by atoms with Gasteiger partial charge in [0.25, 0.3) is 0 Å². The van der Waals surface area contributed by atoms with Gasteiger partial charge in [-0.25, -0.2) is 4.98 Å². The van der Waals surface area contributed by atoms with Gasteiger partial charge in [-0.2, -0.15) is 0 Å². The van der Waals surface area contributed by atoms with Crippen LogP contribution in [0.5, 0.6) is 5.75 Å². The predicted octanol–water partition coefficient (Wildman–Crippen LogP) is 4.49. The highest BCUT2D eigenvalue weighted by Gasteiger charge is 2.52. The zero-order valence-electron chi connectivity index (χ0n) is 22.4. The summed E-state index contributed by atoms with van der Waals surface area (Å²) in [6, 6.07) is 10.3. The van der Waals surface area contributed by atoms with Crippen LogP contribution < -0.4 is 15.8 Å². The second-order valence-electron chi connectivity index (χ2n) is 10.4. The van der Waals surface area contributed by atoms with Crippen LogP contribution in [0.3, 0.4) is 0 Å². The third kappa shape index (κ3) is 5.65. The molecule has 2 aliphatic heterocycles. The molecule has 0 saturated carbocycles. The average molecular weight is 560 g/mol. The maximum absolute atomic E-state index is 13.5. The van der Waals surface area contributed by atoms with Crippen molar-refractivity contribution in [3.8, 4) is 28.1 Å². The Morgan fingerprint density at radius 3 is 2.48 bits per heavy atom. The number of rotatable bonds is 7. The van der Waals surface area contributed by atoms with E-state index in [1.54, 1.807) is 42.4 Å². The topological polar surface area (TPSA) is 115 Å². The van der Waals surface area contributed by atoms with Gasteiger partial charge in [0, 0.05) is 23.7 Å². The van der Waals surface area contributed by atoms with Crippen LogP contribution in [0.15, 0.2) is 48.7 Å². The van der Waals surface area contributed by atoms with Crippen molar-refractivity contribution in [1.82, 2.24) is 20.2 Å². The number of nitrogens with zero attached hydrogens (tertiary/aromatic N) is 2. The first-order valence-electron chi connectivity index (χ1n) is 13.1. The Morgan fingerprint density at radius 1 is 1.18 bits per heavy atom. The molecule has 0 radical (unpaired) electrons. The minimum atomic E-state index is -4.85. The van der Waals surface area contributed by atoms with Gasteiger partial charge in [0.2, 0.25) is 5.91 Å². The molecular weight excluding hydrogens is 527 g/mol. The number of hydrogen-bond donors (Lipinski definition) is 3. The zero-order valence-corrected chi connectivity index (χ0v) is 22.4. The molecule has 2 aliphatic rings.